The van der Waals surface area contributed by atoms with Gasteiger partial charge in [0.05, 0.1) is 0 Å². The Balaban J connectivity index is 0.000000178. The summed E-state index contributed by atoms with van der Waals surface area (Å²) in [6.45, 7) is 36.8. The molecule has 128 heavy (non-hydrogen) atoms. The molecule has 0 N–H and O–H groups in total. The SMILES string of the molecule is C/C(=C\C=C\c1ccccc1)C1CC=CCC(C)/C1=C/C=C/c1ccccc1.C=CCC(C)/C(=C/C=C/c1ccccc1)C(CC=C)/C(C)=C/C=C/c1ccccc1.CC(C/C=C/c1ccccc1)C1CC=CCC(C)C1C/C=C/c1ccccc1.CC1CC=CCC2C(C)CC=CCC12.CC1CCCCC2C(C)CCCCC12.CC1CSSCC2C(C)CSSCC12. The largest absolute Gasteiger partial charge is 0.103 e. The second kappa shape index (κ2) is 60.6. The third-order valence-corrected chi connectivity index (χ3v) is 34.6. The van der Waals surface area contributed by atoms with E-state index >= 15 is 0 Å². The molecule has 2 heterocycles. The lowest BCUT2D eigenvalue weighted by Gasteiger charge is -2.33. The second-order valence-electron chi connectivity index (χ2n) is 38.9. The molecule has 6 aromatic carbocycles. The van der Waals surface area contributed by atoms with E-state index in [4.69, 9.17) is 0 Å². The van der Waals surface area contributed by atoms with Gasteiger partial charge in [-0.2, -0.15) is 0 Å². The van der Waals surface area contributed by atoms with E-state index in [0.29, 0.717) is 29.6 Å². The normalized spacial score (nSPS) is 28.0. The Kier molecular flexibility index (Phi) is 49.3. The van der Waals surface area contributed by atoms with Crippen molar-refractivity contribution < 1.29 is 0 Å². The Morgan fingerprint density at radius 2 is 0.734 bits per heavy atom. The molecule has 0 radical (unpaired) electrons. The number of fused-ring (bicyclic) bond motifs is 3. The van der Waals surface area contributed by atoms with Crippen LogP contribution in [0, 0.1) is 118 Å². The number of rotatable bonds is 23. The molecule has 0 bridgehead atoms. The lowest BCUT2D eigenvalue weighted by Crippen LogP contribution is -2.29. The fourth-order valence-corrected chi connectivity index (χ4v) is 27.3. The minimum atomic E-state index is 0.332. The van der Waals surface area contributed by atoms with Gasteiger partial charge in [0.1, 0.15) is 0 Å². The standard InChI is InChI=1S/C30H34.C28H34.C28H30.C14H26.C14H22.C10H18S4/c1-5-15-25(3)30(24-14-23-28-20-11-8-12-21-28)29(16-6-2)26(4)17-13-22-27-18-9-7-10-19-27;2*1-23-13-9-10-21-27(24(2)14-11-19-25-15-5-3-6-16-25)28(23)22-12-20-26-17-7-4-8-18-26;2*1-11-7-3-5-10-14-12(2)8-4-6-9-13(11)14;1-7-3-11-14-6-10-8(2)4-12-13-5-9(7)10/h5-14,17-25,29H,1-2,15-16H2,3-4H3;3-12,15-20,23-24,27-28H,13-14,21-22H2,1-2H3;3-12,14-20,22-23,27H,13,21H2,1-2H3;11-14H,3-10H2,1-2H3;3-6,11-14H,7-10H2,1-2H3;7-10H,3-6H2,1-2H3/b22-13+,23-14+,26-17+,30-24-;19-11+,20-12+;19-11+,20-12+,24-14+,28-22-;;;. The first kappa shape index (κ1) is 104. The fraction of sp³-hybridized carbons (Fsp3) is 0.452. The van der Waals surface area contributed by atoms with Crippen LogP contribution in [0.1, 0.15) is 245 Å². The molecule has 0 amide bonds. The summed E-state index contributed by atoms with van der Waals surface area (Å²) in [5.74, 6) is 21.8. The van der Waals surface area contributed by atoms with Crippen LogP contribution in [-0.2, 0) is 0 Å². The number of hydrogen-bond acceptors (Lipinski definition) is 4. The van der Waals surface area contributed by atoms with Gasteiger partial charge in [-0.05, 0) is 244 Å². The minimum Gasteiger partial charge on any atom is -0.103 e. The van der Waals surface area contributed by atoms with E-state index in [2.05, 4.69) is 455 Å². The summed E-state index contributed by atoms with van der Waals surface area (Å²) >= 11 is 0. The second-order valence-corrected chi connectivity index (χ2v) is 44.0. The zero-order chi connectivity index (χ0) is 90.7. The van der Waals surface area contributed by atoms with Crippen LogP contribution in [-0.4, -0.2) is 23.0 Å². The summed E-state index contributed by atoms with van der Waals surface area (Å²) in [7, 11) is 8.43. The van der Waals surface area contributed by atoms with Crippen LogP contribution in [0.3, 0.4) is 0 Å². The molecule has 0 nitrogen and oxygen atoms in total. The van der Waals surface area contributed by atoms with Crippen LogP contribution in [0.15, 0.2) is 339 Å². The zero-order valence-electron chi connectivity index (χ0n) is 80.9. The molecule has 14 rings (SSSR count). The van der Waals surface area contributed by atoms with Crippen LogP contribution in [0.5, 0.6) is 0 Å². The third-order valence-electron chi connectivity index (χ3n) is 29.3. The zero-order valence-corrected chi connectivity index (χ0v) is 84.2. The number of allylic oxidation sites excluding steroid dienone is 24. The highest BCUT2D eigenvalue weighted by molar-refractivity contribution is 8.77. The molecule has 20 atom stereocenters. The first-order valence-electron chi connectivity index (χ1n) is 49.9. The van der Waals surface area contributed by atoms with Crippen molar-refractivity contribution >= 4 is 79.6 Å². The highest BCUT2D eigenvalue weighted by Gasteiger charge is 2.37. The van der Waals surface area contributed by atoms with E-state index in [0.717, 1.165) is 121 Å². The summed E-state index contributed by atoms with van der Waals surface area (Å²) in [4.78, 5) is 0. The van der Waals surface area contributed by atoms with Crippen LogP contribution < -0.4 is 0 Å². The van der Waals surface area contributed by atoms with Gasteiger partial charge < -0.3 is 0 Å². The van der Waals surface area contributed by atoms with E-state index in [1.807, 2.05) is 24.3 Å². The van der Waals surface area contributed by atoms with Gasteiger partial charge in [-0.15, -0.1) is 13.2 Å². The number of hydrogen-bond donors (Lipinski definition) is 0. The van der Waals surface area contributed by atoms with Crippen molar-refractivity contribution in [1.29, 1.82) is 0 Å². The smallest absolute Gasteiger partial charge is 0.00712 e. The van der Waals surface area contributed by atoms with E-state index in [-0.39, 0.29) is 0 Å². The van der Waals surface area contributed by atoms with Gasteiger partial charge in [0.2, 0.25) is 0 Å². The van der Waals surface area contributed by atoms with Gasteiger partial charge >= 0.3 is 0 Å². The Labute approximate surface area is 798 Å². The van der Waals surface area contributed by atoms with E-state index in [9.17, 15) is 0 Å². The maximum Gasteiger partial charge on any atom is 0.00712 e. The molecule has 6 aromatic rings. The van der Waals surface area contributed by atoms with E-state index in [1.165, 1.54) is 175 Å². The monoisotopic (exact) mass is 1780 g/mol. The Hall–Kier alpha value is -7.44. The Morgan fingerprint density at radius 1 is 0.352 bits per heavy atom. The number of benzene rings is 6. The van der Waals surface area contributed by atoms with Gasteiger partial charge in [-0.1, -0.05) is 513 Å². The summed E-state index contributed by atoms with van der Waals surface area (Å²) in [6, 6.07) is 63.1. The molecule has 2 saturated carbocycles. The Morgan fingerprint density at radius 3 is 1.20 bits per heavy atom. The molecule has 2 aliphatic heterocycles. The highest BCUT2D eigenvalue weighted by atomic mass is 33.1. The average molecular weight is 1780 g/mol. The van der Waals surface area contributed by atoms with E-state index < -0.39 is 0 Å². The molecule has 4 fully saturated rings. The highest BCUT2D eigenvalue weighted by Crippen LogP contribution is 2.49. The van der Waals surface area contributed by atoms with Gasteiger partial charge in [-0.25, -0.2) is 0 Å². The van der Waals surface area contributed by atoms with Gasteiger partial charge in [0.15, 0.2) is 0 Å². The molecule has 684 valence electrons. The molecule has 2 saturated heterocycles. The first-order valence-corrected chi connectivity index (χ1v) is 54.9. The maximum atomic E-state index is 4.02. The lowest BCUT2D eigenvalue weighted by molar-refractivity contribution is 0.182. The molecule has 0 aromatic heterocycles. The topological polar surface area (TPSA) is 0 Å². The van der Waals surface area contributed by atoms with Crippen LogP contribution >= 0.6 is 43.2 Å². The first-order chi connectivity index (χ1) is 62.5. The summed E-state index contributed by atoms with van der Waals surface area (Å²) in [5, 5.41) is 0. The van der Waals surface area contributed by atoms with E-state index in [1.54, 1.807) is 0 Å². The predicted octanol–water partition coefficient (Wildman–Crippen LogP) is 37.7. The molecular weight excluding hydrogens is 1620 g/mol. The molecular formula is C124H164S4. The van der Waals surface area contributed by atoms with Crippen molar-refractivity contribution in [2.24, 2.45) is 118 Å². The van der Waals surface area contributed by atoms with Crippen LogP contribution in [0.4, 0.5) is 0 Å². The molecule has 20 unspecified atom stereocenters. The fourth-order valence-electron chi connectivity index (χ4n) is 21.1. The summed E-state index contributed by atoms with van der Waals surface area (Å²) in [6.07, 6.45) is 85.3. The minimum absolute atomic E-state index is 0.332. The molecule has 4 heteroatoms. The molecule has 8 aliphatic rings. The van der Waals surface area contributed by atoms with Gasteiger partial charge in [0.25, 0.3) is 0 Å². The predicted molar refractivity (Wildman–Crippen MR) is 582 cm³/mol. The molecule has 6 aliphatic carbocycles. The van der Waals surface area contributed by atoms with Crippen molar-refractivity contribution in [3.05, 3.63) is 372 Å². The van der Waals surface area contributed by atoms with Crippen molar-refractivity contribution in [2.45, 2.75) is 212 Å². The van der Waals surface area contributed by atoms with Crippen LogP contribution in [0.2, 0.25) is 0 Å². The summed E-state index contributed by atoms with van der Waals surface area (Å²) < 4.78 is 0. The van der Waals surface area contributed by atoms with Gasteiger partial charge in [-0.3, -0.25) is 0 Å². The van der Waals surface area contributed by atoms with Crippen molar-refractivity contribution in [3.63, 3.8) is 0 Å². The third kappa shape index (κ3) is 37.0. The summed E-state index contributed by atoms with van der Waals surface area (Å²) in [5.41, 5.74) is 13.2. The lowest BCUT2D eigenvalue weighted by atomic mass is 9.72. The van der Waals surface area contributed by atoms with Gasteiger partial charge in [0, 0.05) is 34.8 Å². The van der Waals surface area contributed by atoms with Crippen molar-refractivity contribution in [1.82, 2.24) is 0 Å². The molecule has 0 spiro atoms. The Bertz CT molecular complexity index is 4400. The average Bonchev–Trinajstić information content (AvgIpc) is 1.79. The van der Waals surface area contributed by atoms with Crippen molar-refractivity contribution in [2.75, 3.05) is 23.0 Å². The van der Waals surface area contributed by atoms with Crippen molar-refractivity contribution in [3.8, 4) is 0 Å². The maximum absolute atomic E-state index is 4.02. The quantitative estimate of drug-likeness (QED) is 0.0356. The van der Waals surface area contributed by atoms with Crippen LogP contribution in [0.25, 0.3) is 36.5 Å².